The number of amides is 2. The van der Waals surface area contributed by atoms with Crippen molar-refractivity contribution in [2.24, 2.45) is 5.16 Å². The molecular weight excluding hydrogens is 655 g/mol. The first kappa shape index (κ1) is 31.6. The lowest BCUT2D eigenvalue weighted by atomic mass is 10.0. The van der Waals surface area contributed by atoms with Crippen molar-refractivity contribution in [1.29, 1.82) is 0 Å². The highest BCUT2D eigenvalue weighted by atomic mass is 32.2. The van der Waals surface area contributed by atoms with Crippen molar-refractivity contribution in [3.05, 3.63) is 40.5 Å². The number of thioether (sulfide) groups is 2. The van der Waals surface area contributed by atoms with E-state index < -0.39 is 46.5 Å². The first-order valence-corrected chi connectivity index (χ1v) is 15.6. The number of benzene rings is 1. The number of carbonyl (C=O) groups is 4. The van der Waals surface area contributed by atoms with Crippen LogP contribution in [0.3, 0.4) is 0 Å². The summed E-state index contributed by atoms with van der Waals surface area (Å²) in [6.45, 7) is 2.45. The third-order valence-corrected chi connectivity index (χ3v) is 9.31. The van der Waals surface area contributed by atoms with Gasteiger partial charge in [0.05, 0.1) is 0 Å². The van der Waals surface area contributed by atoms with Crippen LogP contribution >= 0.6 is 34.9 Å². The topological polar surface area (TPSA) is 264 Å². The molecule has 45 heavy (non-hydrogen) atoms. The number of rotatable bonds is 11. The van der Waals surface area contributed by atoms with Crippen molar-refractivity contribution >= 4 is 69.5 Å². The molecule has 2 aromatic heterocycles. The zero-order valence-corrected chi connectivity index (χ0v) is 25.6. The van der Waals surface area contributed by atoms with E-state index in [0.29, 0.717) is 11.1 Å². The number of aromatic hydroxyl groups is 2. The van der Waals surface area contributed by atoms with E-state index in [2.05, 4.69) is 25.7 Å². The Morgan fingerprint density at radius 2 is 2.00 bits per heavy atom. The molecule has 236 valence electrons. The van der Waals surface area contributed by atoms with Crippen molar-refractivity contribution in [3.8, 4) is 23.0 Å². The second kappa shape index (κ2) is 12.3. The highest BCUT2D eigenvalue weighted by Gasteiger charge is 2.54. The fraction of sp³-hybridized carbons (Fsp3) is 0.280. The van der Waals surface area contributed by atoms with Gasteiger partial charge in [-0.25, -0.2) is 14.6 Å². The van der Waals surface area contributed by atoms with Crippen molar-refractivity contribution < 1.29 is 48.9 Å². The average Bonchev–Trinajstić information content (AvgIpc) is 3.64. The molecule has 0 aliphatic carbocycles. The summed E-state index contributed by atoms with van der Waals surface area (Å²) in [6.07, 6.45) is 0. The number of phenolic OH excluding ortho intramolecular Hbond substituents is 2. The van der Waals surface area contributed by atoms with Gasteiger partial charge in [0.25, 0.3) is 17.0 Å². The molecule has 0 saturated carbocycles. The van der Waals surface area contributed by atoms with Gasteiger partial charge in [0, 0.05) is 22.4 Å². The van der Waals surface area contributed by atoms with Crippen LogP contribution in [0.4, 0.5) is 5.13 Å². The maximum atomic E-state index is 13.2. The fourth-order valence-corrected chi connectivity index (χ4v) is 6.79. The van der Waals surface area contributed by atoms with E-state index in [0.717, 1.165) is 28.0 Å². The normalized spacial score (nSPS) is 18.3. The van der Waals surface area contributed by atoms with Crippen LogP contribution in [0.25, 0.3) is 11.5 Å². The molecule has 0 radical (unpaired) electrons. The number of carbonyl (C=O) groups excluding carboxylic acids is 2. The standard InChI is InChI=1S/C25H23N7O10S3/c1-25(2,22(39)40)42-31-14(11-8-44-23(26)27-11)17(35)28-15-19(36)32-16(21(37)38)10(6-43-20(15)32)7-45-24-30-29-18(41-24)9-3-4-12(33)13(34)5-9/h3-5,8,15,20,33-34H,6-7H2,1-2H3,(H2,26,27)(H,28,35)(H,37,38)(H,39,40)/b31-14-/t15-,20-/m1/s1. The highest BCUT2D eigenvalue weighted by molar-refractivity contribution is 8.01. The molecule has 1 aromatic carbocycles. The van der Waals surface area contributed by atoms with Crippen molar-refractivity contribution in [2.75, 3.05) is 17.2 Å². The molecule has 2 aliphatic rings. The van der Waals surface area contributed by atoms with Crippen LogP contribution in [0, 0.1) is 0 Å². The third kappa shape index (κ3) is 6.37. The predicted molar refractivity (Wildman–Crippen MR) is 159 cm³/mol. The quantitative estimate of drug-likeness (QED) is 0.0549. The summed E-state index contributed by atoms with van der Waals surface area (Å²) in [5, 5.41) is 53.4. The van der Waals surface area contributed by atoms with E-state index in [1.54, 1.807) is 0 Å². The summed E-state index contributed by atoms with van der Waals surface area (Å²) in [5.74, 6) is -4.61. The Bertz CT molecular complexity index is 1770. The molecule has 0 unspecified atom stereocenters. The Kier molecular flexibility index (Phi) is 8.63. The minimum atomic E-state index is -1.79. The SMILES string of the molecule is CC(C)(O/N=C(\C(=O)N[C@@H]1C(=O)N2C(C(=O)O)=C(CSc3nnc(-c4ccc(O)c(O)c4)o3)CS[C@H]12)c1csc(N)n1)C(=O)O. The Hall–Kier alpha value is -4.82. The monoisotopic (exact) mass is 677 g/mol. The van der Waals surface area contributed by atoms with Crippen molar-refractivity contribution in [3.63, 3.8) is 0 Å². The third-order valence-electron chi connectivity index (χ3n) is 6.39. The van der Waals surface area contributed by atoms with Gasteiger partial charge in [-0.2, -0.15) is 0 Å². The van der Waals surface area contributed by atoms with Crippen LogP contribution in [0.2, 0.25) is 0 Å². The minimum Gasteiger partial charge on any atom is -0.504 e. The van der Waals surface area contributed by atoms with Crippen molar-refractivity contribution in [1.82, 2.24) is 25.4 Å². The number of nitrogens with two attached hydrogens (primary N) is 1. The first-order chi connectivity index (χ1) is 21.3. The number of aliphatic carboxylic acids is 2. The zero-order chi connectivity index (χ0) is 32.6. The molecule has 17 nitrogen and oxygen atoms in total. The molecule has 4 heterocycles. The summed E-state index contributed by atoms with van der Waals surface area (Å²) in [6, 6.07) is 2.85. The number of hydrogen-bond donors (Lipinski definition) is 6. The summed E-state index contributed by atoms with van der Waals surface area (Å²) in [4.78, 5) is 60.3. The van der Waals surface area contributed by atoms with Crippen LogP contribution in [0.1, 0.15) is 19.5 Å². The van der Waals surface area contributed by atoms with Crippen LogP contribution in [0.15, 0.2) is 49.6 Å². The molecule has 0 bridgehead atoms. The molecule has 20 heteroatoms. The van der Waals surface area contributed by atoms with E-state index in [4.69, 9.17) is 15.0 Å². The number of β-lactam (4-membered cyclic amide) rings is 1. The number of fused-ring (bicyclic) bond motifs is 1. The Balaban J connectivity index is 1.29. The van der Waals surface area contributed by atoms with Crippen LogP contribution < -0.4 is 11.1 Å². The lowest BCUT2D eigenvalue weighted by molar-refractivity contribution is -0.161. The van der Waals surface area contributed by atoms with Gasteiger partial charge >= 0.3 is 11.9 Å². The number of thiazole rings is 1. The van der Waals surface area contributed by atoms with Gasteiger partial charge in [-0.15, -0.1) is 33.3 Å². The summed E-state index contributed by atoms with van der Waals surface area (Å²) in [5.41, 5.74) is 3.98. The van der Waals surface area contributed by atoms with Gasteiger partial charge in [-0.3, -0.25) is 14.5 Å². The van der Waals surface area contributed by atoms with E-state index in [-0.39, 0.29) is 50.6 Å². The Morgan fingerprint density at radius 1 is 1.24 bits per heavy atom. The predicted octanol–water partition coefficient (Wildman–Crippen LogP) is 1.30. The molecule has 1 fully saturated rings. The van der Waals surface area contributed by atoms with Crippen LogP contribution in [0.5, 0.6) is 11.5 Å². The lowest BCUT2D eigenvalue weighted by Crippen LogP contribution is -2.71. The summed E-state index contributed by atoms with van der Waals surface area (Å²) >= 11 is 3.27. The first-order valence-electron chi connectivity index (χ1n) is 12.7. The molecule has 2 aliphatic heterocycles. The maximum Gasteiger partial charge on any atom is 0.352 e. The van der Waals surface area contributed by atoms with Crippen molar-refractivity contribution in [2.45, 2.75) is 36.1 Å². The molecule has 0 spiro atoms. The number of oxime groups is 1. The number of nitrogens with one attached hydrogen (secondary N) is 1. The Morgan fingerprint density at radius 3 is 2.64 bits per heavy atom. The number of carboxylic acids is 2. The van der Waals surface area contributed by atoms with E-state index in [1.165, 1.54) is 49.2 Å². The molecular formula is C25H23N7O10S3. The van der Waals surface area contributed by atoms with Crippen LogP contribution in [-0.2, 0) is 24.0 Å². The summed E-state index contributed by atoms with van der Waals surface area (Å²) in [7, 11) is 0. The molecule has 2 amide bonds. The number of nitrogen functional groups attached to an aromatic ring is 1. The van der Waals surface area contributed by atoms with Gasteiger partial charge < -0.3 is 40.7 Å². The zero-order valence-electron chi connectivity index (χ0n) is 23.2. The molecule has 5 rings (SSSR count). The second-order valence-corrected chi connectivity index (χ2v) is 12.8. The van der Waals surface area contributed by atoms with Gasteiger partial charge in [-0.1, -0.05) is 16.9 Å². The van der Waals surface area contributed by atoms with Gasteiger partial charge in [0.2, 0.25) is 11.5 Å². The van der Waals surface area contributed by atoms with Gasteiger partial charge in [0.1, 0.15) is 22.8 Å². The van der Waals surface area contributed by atoms with E-state index in [1.807, 2.05) is 0 Å². The molecule has 7 N–H and O–H groups in total. The van der Waals surface area contributed by atoms with Gasteiger partial charge in [-0.05, 0) is 37.6 Å². The number of aromatic nitrogens is 3. The number of hydrogen-bond acceptors (Lipinski definition) is 16. The second-order valence-electron chi connectivity index (χ2n) is 9.90. The number of anilines is 1. The molecule has 2 atom stereocenters. The number of phenols is 2. The Labute approximate surface area is 265 Å². The number of carboxylic acid groups (broad SMARTS) is 2. The van der Waals surface area contributed by atoms with E-state index in [9.17, 15) is 39.6 Å². The molecule has 1 saturated heterocycles. The summed E-state index contributed by atoms with van der Waals surface area (Å²) < 4.78 is 5.59. The molecule has 3 aromatic rings. The van der Waals surface area contributed by atoms with E-state index >= 15 is 0 Å². The fourth-order valence-electron chi connectivity index (χ4n) is 3.99. The minimum absolute atomic E-state index is 0.00654. The number of nitrogens with zero attached hydrogens (tertiary/aromatic N) is 5. The maximum absolute atomic E-state index is 13.2. The largest absolute Gasteiger partial charge is 0.504 e. The van der Waals surface area contributed by atoms with Crippen LogP contribution in [-0.4, -0.2) is 98.5 Å². The lowest BCUT2D eigenvalue weighted by Gasteiger charge is -2.49. The highest BCUT2D eigenvalue weighted by Crippen LogP contribution is 2.42. The average molecular weight is 678 g/mol. The van der Waals surface area contributed by atoms with Gasteiger partial charge in [0.15, 0.2) is 22.3 Å². The smallest absolute Gasteiger partial charge is 0.352 e.